The molecule has 0 bridgehead atoms. The van der Waals surface area contributed by atoms with Crippen LogP contribution in [0.3, 0.4) is 0 Å². The van der Waals surface area contributed by atoms with Crippen LogP contribution in [0.4, 0.5) is 40.8 Å². The van der Waals surface area contributed by atoms with Crippen LogP contribution in [-0.2, 0) is 52.1 Å². The Hall–Kier alpha value is -5.45. The number of halogens is 8. The van der Waals surface area contributed by atoms with Gasteiger partial charge in [-0.2, -0.15) is 30.7 Å². The Balaban J connectivity index is 1.12. The molecule has 3 aromatic rings. The van der Waals surface area contributed by atoms with E-state index in [0.717, 1.165) is 17.0 Å². The number of aliphatic hydroxyl groups is 5. The van der Waals surface area contributed by atoms with E-state index in [1.165, 1.54) is 13.1 Å². The molecule has 75 heavy (non-hydrogen) atoms. The van der Waals surface area contributed by atoms with E-state index >= 15 is 8.78 Å². The molecule has 416 valence electrons. The van der Waals surface area contributed by atoms with E-state index in [0.29, 0.717) is 50.2 Å². The number of ether oxygens (including phenoxy) is 5. The zero-order valence-corrected chi connectivity index (χ0v) is 41.1. The molecule has 1 aromatic heterocycles. The van der Waals surface area contributed by atoms with E-state index in [1.54, 1.807) is 11.9 Å². The van der Waals surface area contributed by atoms with Gasteiger partial charge in [-0.1, -0.05) is 18.9 Å². The number of hydrogen-bond donors (Lipinski definition) is 6. The molecule has 0 radical (unpaired) electrons. The summed E-state index contributed by atoms with van der Waals surface area (Å²) in [5.41, 5.74) is -6.83. The van der Waals surface area contributed by atoms with Crippen molar-refractivity contribution < 1.29 is 98.7 Å². The van der Waals surface area contributed by atoms with Crippen LogP contribution < -0.4 is 10.1 Å². The topological polar surface area (TPSA) is 243 Å². The van der Waals surface area contributed by atoms with Gasteiger partial charge in [0.2, 0.25) is 11.7 Å². The van der Waals surface area contributed by atoms with Gasteiger partial charge in [0.05, 0.1) is 93.7 Å². The number of likely N-dealkylation sites (N-methyl/N-ethyl adjacent to an activating group) is 2. The van der Waals surface area contributed by atoms with Gasteiger partial charge in [0.1, 0.15) is 36.6 Å². The van der Waals surface area contributed by atoms with E-state index in [-0.39, 0.29) is 91.0 Å². The van der Waals surface area contributed by atoms with Crippen LogP contribution in [0.5, 0.6) is 5.75 Å². The quantitative estimate of drug-likeness (QED) is 0.0364. The number of benzene rings is 2. The summed E-state index contributed by atoms with van der Waals surface area (Å²) in [4.78, 5) is 50.8. The highest BCUT2D eigenvalue weighted by Crippen LogP contribution is 2.44. The van der Waals surface area contributed by atoms with Gasteiger partial charge >= 0.3 is 12.4 Å². The second kappa shape index (κ2) is 27.6. The summed E-state index contributed by atoms with van der Waals surface area (Å²) in [7, 11) is 3.06. The minimum atomic E-state index is -5.02. The summed E-state index contributed by atoms with van der Waals surface area (Å²) in [5, 5.41) is 52.4. The molecule has 1 spiro atoms. The molecule has 1 saturated carbocycles. The van der Waals surface area contributed by atoms with E-state index < -0.39 is 130 Å². The van der Waals surface area contributed by atoms with Gasteiger partial charge in [0, 0.05) is 31.5 Å². The summed E-state index contributed by atoms with van der Waals surface area (Å²) < 4.78 is 141. The Kier molecular flexibility index (Phi) is 22.2. The molecular formula is C49H61F8N5O13. The van der Waals surface area contributed by atoms with Crippen molar-refractivity contribution in [3.63, 3.8) is 0 Å². The highest BCUT2D eigenvalue weighted by molar-refractivity contribution is 6.25. The smallest absolute Gasteiger partial charge is 0.433 e. The second-order valence-corrected chi connectivity index (χ2v) is 18.0. The van der Waals surface area contributed by atoms with E-state index in [1.807, 2.05) is 0 Å². The predicted molar refractivity (Wildman–Crippen MR) is 249 cm³/mol. The van der Waals surface area contributed by atoms with Crippen LogP contribution in [0.1, 0.15) is 55.3 Å². The Morgan fingerprint density at radius 3 is 2.09 bits per heavy atom. The number of rotatable bonds is 26. The van der Waals surface area contributed by atoms with Crippen molar-refractivity contribution in [3.8, 4) is 17.0 Å². The van der Waals surface area contributed by atoms with E-state index in [4.69, 9.17) is 28.8 Å². The standard InChI is InChI=1S/C49H61F8N5O13/c1-61(25-37(66)36(65)23-32(64)26-63)40(67)27-74-18-17-72-14-13-71-15-16-73-19-20-75-38-8-5-29(42(50)43(38)51)21-30-9-12-62(2)47(10-3-4-11-47)45(69)41(44(30)68)46(70)60-34-7-6-31(48(52,53)54)22-33(34)35-24-39(49(55,56)57)59-28-58-35/h5-8,22,24,28,30,32,36-37,63-66,69H,3-4,9-21,23,25-27H2,1-2H3,(H,60,70)/b45-41-/t30?,32?,36-,37-/m0/s1. The number of carbonyl (C=O) groups excluding carboxylic acids is 3. The first-order chi connectivity index (χ1) is 35.5. The summed E-state index contributed by atoms with van der Waals surface area (Å²) in [5.74, 6) is -7.88. The number of carbonyl (C=O) groups is 3. The molecule has 2 aliphatic rings. The highest BCUT2D eigenvalue weighted by atomic mass is 19.4. The number of ketones is 1. The number of aliphatic hydroxyl groups excluding tert-OH is 5. The van der Waals surface area contributed by atoms with Gasteiger partial charge in [-0.3, -0.25) is 19.3 Å². The molecule has 6 N–H and O–H groups in total. The number of amides is 2. The van der Waals surface area contributed by atoms with Crippen molar-refractivity contribution in [2.45, 2.75) is 81.1 Å². The van der Waals surface area contributed by atoms with Crippen molar-refractivity contribution in [2.24, 2.45) is 5.92 Å². The van der Waals surface area contributed by atoms with Gasteiger partial charge in [-0.15, -0.1) is 0 Å². The molecule has 1 aliphatic heterocycles. The lowest BCUT2D eigenvalue weighted by atomic mass is 9.80. The Morgan fingerprint density at radius 1 is 0.853 bits per heavy atom. The lowest BCUT2D eigenvalue weighted by molar-refractivity contribution is -0.141. The number of hydrogen-bond acceptors (Lipinski definition) is 16. The summed E-state index contributed by atoms with van der Waals surface area (Å²) in [6, 6.07) is 4.53. The summed E-state index contributed by atoms with van der Waals surface area (Å²) in [6.07, 6.45) is -12.3. The van der Waals surface area contributed by atoms with Crippen LogP contribution in [0.2, 0.25) is 0 Å². The van der Waals surface area contributed by atoms with Gasteiger partial charge in [-0.25, -0.2) is 14.4 Å². The fourth-order valence-electron chi connectivity index (χ4n) is 8.57. The molecule has 2 amide bonds. The largest absolute Gasteiger partial charge is 0.509 e. The predicted octanol–water partition coefficient (Wildman–Crippen LogP) is 4.66. The average molecular weight is 1080 g/mol. The molecule has 5 rings (SSSR count). The number of alkyl halides is 6. The molecule has 18 nitrogen and oxygen atoms in total. The molecule has 26 heteroatoms. The maximum atomic E-state index is 15.7. The first kappa shape index (κ1) is 60.4. The molecule has 2 unspecified atom stereocenters. The van der Waals surface area contributed by atoms with Crippen LogP contribution in [-0.4, -0.2) is 180 Å². The molecule has 1 aliphatic carbocycles. The van der Waals surface area contributed by atoms with Crippen LogP contribution >= 0.6 is 0 Å². The molecule has 2 heterocycles. The van der Waals surface area contributed by atoms with Crippen molar-refractivity contribution in [1.82, 2.24) is 19.8 Å². The zero-order valence-electron chi connectivity index (χ0n) is 41.1. The maximum Gasteiger partial charge on any atom is 0.433 e. The lowest BCUT2D eigenvalue weighted by Gasteiger charge is -2.41. The molecule has 2 aromatic carbocycles. The van der Waals surface area contributed by atoms with Gasteiger partial charge in [-0.05, 0) is 75.2 Å². The highest BCUT2D eigenvalue weighted by Gasteiger charge is 2.48. The molecule has 0 saturated heterocycles. The van der Waals surface area contributed by atoms with E-state index in [9.17, 15) is 61.2 Å². The van der Waals surface area contributed by atoms with Gasteiger partial charge in [0.25, 0.3) is 5.91 Å². The van der Waals surface area contributed by atoms with Gasteiger partial charge in [0.15, 0.2) is 17.3 Å². The molecule has 4 atom stereocenters. The van der Waals surface area contributed by atoms with Gasteiger partial charge < -0.3 is 59.4 Å². The Labute approximate surface area is 426 Å². The first-order valence-electron chi connectivity index (χ1n) is 23.9. The minimum Gasteiger partial charge on any atom is -0.509 e. The fourth-order valence-corrected chi connectivity index (χ4v) is 8.57. The second-order valence-electron chi connectivity index (χ2n) is 18.0. The molecule has 1 fully saturated rings. The SMILES string of the molecule is CN(C[C@H](O)[C@@H](O)CC(O)CO)C(=O)COCCOCCOCCOCCOc1ccc(CC2CCN(C)C3(CCCC3)/C(O)=C(/C(=O)Nc3ccc(C(F)(F)F)cc3-c3cc(C(F)(F)F)ncn3)C2=O)c(F)c1F. The lowest BCUT2D eigenvalue weighted by Crippen LogP contribution is -2.50. The van der Waals surface area contributed by atoms with Crippen LogP contribution in [0.15, 0.2) is 54.1 Å². The van der Waals surface area contributed by atoms with Crippen LogP contribution in [0, 0.1) is 17.6 Å². The summed E-state index contributed by atoms with van der Waals surface area (Å²) in [6.45, 7) is -0.350. The summed E-state index contributed by atoms with van der Waals surface area (Å²) >= 11 is 0. The average Bonchev–Trinajstić information content (AvgIpc) is 3.88. The maximum absolute atomic E-state index is 15.7. The fraction of sp³-hybridized carbons (Fsp3) is 0.571. The third kappa shape index (κ3) is 16.5. The first-order valence-corrected chi connectivity index (χ1v) is 23.9. The minimum absolute atomic E-state index is 0.0110. The van der Waals surface area contributed by atoms with Crippen molar-refractivity contribution in [3.05, 3.63) is 82.5 Å². The third-order valence-corrected chi connectivity index (χ3v) is 12.8. The van der Waals surface area contributed by atoms with Crippen molar-refractivity contribution in [1.29, 1.82) is 0 Å². The monoisotopic (exact) mass is 1080 g/mol. The number of anilines is 1. The Morgan fingerprint density at radius 2 is 1.48 bits per heavy atom. The number of aromatic nitrogens is 2. The third-order valence-electron chi connectivity index (χ3n) is 12.8. The number of nitrogens with one attached hydrogen (secondary N) is 1. The number of nitrogens with zero attached hydrogens (tertiary/aromatic N) is 4. The van der Waals surface area contributed by atoms with Crippen LogP contribution in [0.25, 0.3) is 11.3 Å². The number of Topliss-reactive ketones (excluding diaryl/α,β-unsaturated/α-hetero) is 1. The van der Waals surface area contributed by atoms with E-state index in [2.05, 4.69) is 15.3 Å². The van der Waals surface area contributed by atoms with Crippen molar-refractivity contribution in [2.75, 3.05) is 98.6 Å². The van der Waals surface area contributed by atoms with Crippen molar-refractivity contribution >= 4 is 23.3 Å². The normalized spacial score (nSPS) is 18.6. The molecular weight excluding hydrogens is 1020 g/mol. The Bertz CT molecular complexity index is 2430. The zero-order chi connectivity index (χ0) is 55.1.